The summed E-state index contributed by atoms with van der Waals surface area (Å²) in [7, 11) is 1.67. The average molecular weight is 257 g/mol. The molecule has 0 aliphatic rings. The van der Waals surface area contributed by atoms with Gasteiger partial charge in [-0.25, -0.2) is 0 Å². The second kappa shape index (κ2) is 8.91. The number of carbonyl (C=O) groups is 2. The van der Waals surface area contributed by atoms with Crippen LogP contribution in [0, 0.1) is 0 Å². The quantitative estimate of drug-likeness (QED) is 0.696. The number of likely N-dealkylation sites (N-methyl/N-ethyl adjacent to an activating group) is 2. The minimum absolute atomic E-state index is 0.000565. The van der Waals surface area contributed by atoms with Crippen molar-refractivity contribution >= 4 is 11.8 Å². The van der Waals surface area contributed by atoms with Crippen LogP contribution in [-0.2, 0) is 9.59 Å². The van der Waals surface area contributed by atoms with E-state index in [9.17, 15) is 9.59 Å². The van der Waals surface area contributed by atoms with Crippen molar-refractivity contribution in [2.24, 2.45) is 0 Å². The predicted molar refractivity (Wildman–Crippen MR) is 73.3 cm³/mol. The molecule has 0 bridgehead atoms. The third kappa shape index (κ3) is 6.00. The Bertz CT molecular complexity index is 265. The predicted octanol–water partition coefficient (Wildman–Crippen LogP) is 0.701. The smallest absolute Gasteiger partial charge is 0.242 e. The van der Waals surface area contributed by atoms with Crippen LogP contribution in [0.4, 0.5) is 0 Å². The van der Waals surface area contributed by atoms with Crippen LogP contribution in [0.15, 0.2) is 0 Å². The molecule has 0 rings (SSSR count). The molecule has 0 fully saturated rings. The maximum atomic E-state index is 11.8. The Balaban J connectivity index is 4.11. The molecule has 0 aliphatic carbocycles. The molecule has 106 valence electrons. The van der Waals surface area contributed by atoms with Gasteiger partial charge in [-0.2, -0.15) is 0 Å². The van der Waals surface area contributed by atoms with Gasteiger partial charge in [-0.3, -0.25) is 9.59 Å². The van der Waals surface area contributed by atoms with Crippen LogP contribution < -0.4 is 5.32 Å². The molecule has 0 spiro atoms. The maximum Gasteiger partial charge on any atom is 0.242 e. The van der Waals surface area contributed by atoms with E-state index < -0.39 is 0 Å². The Morgan fingerprint density at radius 1 is 1.11 bits per heavy atom. The van der Waals surface area contributed by atoms with Crippen molar-refractivity contribution in [2.45, 2.75) is 40.2 Å². The first-order chi connectivity index (χ1) is 8.46. The Hall–Kier alpha value is -1.10. The molecule has 2 amide bonds. The molecule has 18 heavy (non-hydrogen) atoms. The van der Waals surface area contributed by atoms with Crippen molar-refractivity contribution in [3.8, 4) is 0 Å². The van der Waals surface area contributed by atoms with Crippen molar-refractivity contribution in [3.05, 3.63) is 0 Å². The minimum Gasteiger partial charge on any atom is -0.342 e. The number of hydrogen-bond acceptors (Lipinski definition) is 3. The molecular weight excluding hydrogens is 230 g/mol. The second-order valence-corrected chi connectivity index (χ2v) is 4.51. The zero-order valence-corrected chi connectivity index (χ0v) is 12.3. The summed E-state index contributed by atoms with van der Waals surface area (Å²) in [5, 5.41) is 3.13. The lowest BCUT2D eigenvalue weighted by molar-refractivity contribution is -0.138. The summed E-state index contributed by atoms with van der Waals surface area (Å²) >= 11 is 0. The minimum atomic E-state index is -0.0455. The fourth-order valence-corrected chi connectivity index (χ4v) is 1.51. The van der Waals surface area contributed by atoms with Crippen LogP contribution in [0.25, 0.3) is 0 Å². The van der Waals surface area contributed by atoms with Crippen LogP contribution >= 0.6 is 0 Å². The van der Waals surface area contributed by atoms with Crippen LogP contribution in [0.2, 0.25) is 0 Å². The van der Waals surface area contributed by atoms with E-state index in [1.54, 1.807) is 11.9 Å². The molecule has 0 radical (unpaired) electrons. The number of hydrogen-bond donors (Lipinski definition) is 1. The first-order valence-corrected chi connectivity index (χ1v) is 6.71. The highest BCUT2D eigenvalue weighted by molar-refractivity contribution is 5.85. The highest BCUT2D eigenvalue weighted by Crippen LogP contribution is 1.94. The second-order valence-electron chi connectivity index (χ2n) is 4.51. The monoisotopic (exact) mass is 257 g/mol. The first-order valence-electron chi connectivity index (χ1n) is 6.71. The summed E-state index contributed by atoms with van der Waals surface area (Å²) in [5.41, 5.74) is 0. The molecule has 0 aromatic heterocycles. The molecule has 1 atom stereocenters. The summed E-state index contributed by atoms with van der Waals surface area (Å²) in [6.07, 6.45) is 0.982. The molecule has 1 N–H and O–H groups in total. The van der Waals surface area contributed by atoms with E-state index in [1.165, 1.54) is 4.90 Å². The van der Waals surface area contributed by atoms with Gasteiger partial charge in [0, 0.05) is 26.2 Å². The van der Waals surface area contributed by atoms with E-state index >= 15 is 0 Å². The summed E-state index contributed by atoms with van der Waals surface area (Å²) in [6.45, 7) is 9.79. The fraction of sp³-hybridized carbons (Fsp3) is 0.846. The molecule has 1 unspecified atom stereocenters. The van der Waals surface area contributed by atoms with Gasteiger partial charge in [0.1, 0.15) is 0 Å². The Labute approximate surface area is 111 Å². The number of carbonyl (C=O) groups excluding carboxylic acids is 2. The Morgan fingerprint density at radius 2 is 1.67 bits per heavy atom. The summed E-state index contributed by atoms with van der Waals surface area (Å²) in [4.78, 5) is 26.8. The molecule has 0 heterocycles. The normalized spacial score (nSPS) is 12.1. The van der Waals surface area contributed by atoms with Gasteiger partial charge in [-0.05, 0) is 27.2 Å². The fourth-order valence-electron chi connectivity index (χ4n) is 1.51. The standard InChI is InChI=1S/C13H27N3O2/c1-6-11(4)14-9-12(17)15(5)10-13(18)16(7-2)8-3/h11,14H,6-10H2,1-5H3. The lowest BCUT2D eigenvalue weighted by Crippen LogP contribution is -2.44. The van der Waals surface area contributed by atoms with Crippen molar-refractivity contribution < 1.29 is 9.59 Å². The summed E-state index contributed by atoms with van der Waals surface area (Å²) in [6, 6.07) is 0.320. The van der Waals surface area contributed by atoms with Gasteiger partial charge in [0.05, 0.1) is 13.1 Å². The lowest BCUT2D eigenvalue weighted by Gasteiger charge is -2.23. The molecule has 0 saturated carbocycles. The molecule has 5 heteroatoms. The number of amides is 2. The molecule has 0 aromatic carbocycles. The molecule has 5 nitrogen and oxygen atoms in total. The van der Waals surface area contributed by atoms with E-state index in [4.69, 9.17) is 0 Å². The van der Waals surface area contributed by atoms with Gasteiger partial charge in [0.15, 0.2) is 0 Å². The Kier molecular flexibility index (Phi) is 8.37. The van der Waals surface area contributed by atoms with Gasteiger partial charge in [-0.1, -0.05) is 6.92 Å². The first kappa shape index (κ1) is 16.9. The third-order valence-electron chi connectivity index (χ3n) is 3.13. The zero-order chi connectivity index (χ0) is 14.1. The van der Waals surface area contributed by atoms with E-state index in [0.29, 0.717) is 19.1 Å². The van der Waals surface area contributed by atoms with Crippen molar-refractivity contribution in [3.63, 3.8) is 0 Å². The zero-order valence-electron chi connectivity index (χ0n) is 12.3. The SMILES string of the molecule is CCC(C)NCC(=O)N(C)CC(=O)N(CC)CC. The van der Waals surface area contributed by atoms with Crippen molar-refractivity contribution in [2.75, 3.05) is 33.2 Å². The highest BCUT2D eigenvalue weighted by atomic mass is 16.2. The van der Waals surface area contributed by atoms with Gasteiger partial charge < -0.3 is 15.1 Å². The molecule has 0 aromatic rings. The van der Waals surface area contributed by atoms with Gasteiger partial charge in [0.25, 0.3) is 0 Å². The topological polar surface area (TPSA) is 52.7 Å². The van der Waals surface area contributed by atoms with Crippen molar-refractivity contribution in [1.29, 1.82) is 0 Å². The van der Waals surface area contributed by atoms with E-state index in [1.807, 2.05) is 20.8 Å². The van der Waals surface area contributed by atoms with Gasteiger partial charge >= 0.3 is 0 Å². The van der Waals surface area contributed by atoms with Crippen LogP contribution in [0.1, 0.15) is 34.1 Å². The van der Waals surface area contributed by atoms with Crippen LogP contribution in [0.3, 0.4) is 0 Å². The van der Waals surface area contributed by atoms with Crippen LogP contribution in [0.5, 0.6) is 0 Å². The van der Waals surface area contributed by atoms with Crippen molar-refractivity contribution in [1.82, 2.24) is 15.1 Å². The van der Waals surface area contributed by atoms with Gasteiger partial charge in [-0.15, -0.1) is 0 Å². The maximum absolute atomic E-state index is 11.8. The largest absolute Gasteiger partial charge is 0.342 e. The molecular formula is C13H27N3O2. The third-order valence-corrected chi connectivity index (χ3v) is 3.13. The number of rotatable bonds is 8. The summed E-state index contributed by atoms with van der Waals surface area (Å²) in [5.74, 6) is -0.0461. The number of nitrogens with zero attached hydrogens (tertiary/aromatic N) is 2. The van der Waals surface area contributed by atoms with Crippen LogP contribution in [-0.4, -0.2) is 60.9 Å². The average Bonchev–Trinajstić information content (AvgIpc) is 2.36. The van der Waals surface area contributed by atoms with E-state index in [2.05, 4.69) is 12.2 Å². The van der Waals surface area contributed by atoms with E-state index in [-0.39, 0.29) is 24.9 Å². The lowest BCUT2D eigenvalue weighted by atomic mass is 10.2. The Morgan fingerprint density at radius 3 is 2.11 bits per heavy atom. The molecule has 0 saturated heterocycles. The van der Waals surface area contributed by atoms with E-state index in [0.717, 1.165) is 6.42 Å². The van der Waals surface area contributed by atoms with Gasteiger partial charge in [0.2, 0.25) is 11.8 Å². The molecule has 0 aliphatic heterocycles. The number of nitrogens with one attached hydrogen (secondary N) is 1. The highest BCUT2D eigenvalue weighted by Gasteiger charge is 2.16. The summed E-state index contributed by atoms with van der Waals surface area (Å²) < 4.78 is 0.